The summed E-state index contributed by atoms with van der Waals surface area (Å²) in [5, 5.41) is 8.95. The molecule has 0 fully saturated rings. The van der Waals surface area contributed by atoms with Crippen LogP contribution in [0.25, 0.3) is 0 Å². The molecular formula is C28H30FNO6. The third-order valence-corrected chi connectivity index (χ3v) is 7.60. The van der Waals surface area contributed by atoms with Crippen LogP contribution in [0.3, 0.4) is 0 Å². The standard InChI is InChI=1S/C28H30FNO6/c1-28(2)10-8-17-12-16(13-20(29)25(17)28)14-21(31)26-18-6-7-22-27(36-15-35-22)19(18)9-11-30(26)23(32)4-3-5-24(33)34/h6-7,12-13,26H,3-5,8-11,14-15H2,1-2H3,(H,33,34)/t26-/m1/s1. The minimum atomic E-state index is -0.964. The summed E-state index contributed by atoms with van der Waals surface area (Å²) in [6, 6.07) is 6.07. The SMILES string of the molecule is CC1(C)CCc2cc(CC(=O)[C@H]3c4ccc5c(c4CCN3C(=O)CCCC(=O)O)OCO5)cc(F)c21. The lowest BCUT2D eigenvalue weighted by molar-refractivity contribution is -0.141. The minimum Gasteiger partial charge on any atom is -0.481 e. The average molecular weight is 496 g/mol. The number of nitrogens with zero attached hydrogens (tertiary/aromatic N) is 1. The van der Waals surface area contributed by atoms with Crippen molar-refractivity contribution >= 4 is 17.7 Å². The number of Topliss-reactive ketones (excluding diaryl/α,β-unsaturated/α-hetero) is 1. The molecule has 1 N–H and O–H groups in total. The second kappa shape index (κ2) is 9.22. The van der Waals surface area contributed by atoms with Gasteiger partial charge in [-0.1, -0.05) is 26.0 Å². The van der Waals surface area contributed by atoms with Crippen LogP contribution in [0.1, 0.15) is 73.4 Å². The van der Waals surface area contributed by atoms with Crippen LogP contribution in [-0.4, -0.2) is 41.0 Å². The van der Waals surface area contributed by atoms with E-state index in [1.165, 1.54) is 6.07 Å². The second-order valence-electron chi connectivity index (χ2n) is 10.5. The fourth-order valence-corrected chi connectivity index (χ4v) is 5.89. The van der Waals surface area contributed by atoms with E-state index in [-0.39, 0.29) is 55.4 Å². The maximum absolute atomic E-state index is 15.1. The third kappa shape index (κ3) is 4.33. The lowest BCUT2D eigenvalue weighted by Crippen LogP contribution is -2.44. The van der Waals surface area contributed by atoms with Gasteiger partial charge in [0.05, 0.1) is 0 Å². The number of amides is 1. The van der Waals surface area contributed by atoms with Crippen LogP contribution in [0.15, 0.2) is 24.3 Å². The molecule has 0 saturated carbocycles. The van der Waals surface area contributed by atoms with E-state index in [9.17, 15) is 14.4 Å². The van der Waals surface area contributed by atoms with Crippen molar-refractivity contribution < 1.29 is 33.4 Å². The van der Waals surface area contributed by atoms with E-state index >= 15 is 4.39 Å². The highest BCUT2D eigenvalue weighted by molar-refractivity contribution is 5.92. The quantitative estimate of drug-likeness (QED) is 0.617. The highest BCUT2D eigenvalue weighted by atomic mass is 19.1. The number of carboxylic acid groups (broad SMARTS) is 1. The van der Waals surface area contributed by atoms with Crippen molar-refractivity contribution in [3.63, 3.8) is 0 Å². The van der Waals surface area contributed by atoms with E-state index in [4.69, 9.17) is 14.6 Å². The van der Waals surface area contributed by atoms with Gasteiger partial charge in [0.25, 0.3) is 0 Å². The normalized spacial score (nSPS) is 19.1. The van der Waals surface area contributed by atoms with Crippen LogP contribution in [-0.2, 0) is 39.1 Å². The van der Waals surface area contributed by atoms with Gasteiger partial charge in [-0.2, -0.15) is 0 Å². The molecule has 7 nitrogen and oxygen atoms in total. The van der Waals surface area contributed by atoms with Gasteiger partial charge in [0.15, 0.2) is 17.3 Å². The summed E-state index contributed by atoms with van der Waals surface area (Å²) in [7, 11) is 0. The first-order valence-corrected chi connectivity index (χ1v) is 12.4. The van der Waals surface area contributed by atoms with Gasteiger partial charge < -0.3 is 19.5 Å². The molecule has 2 heterocycles. The van der Waals surface area contributed by atoms with Crippen LogP contribution >= 0.6 is 0 Å². The van der Waals surface area contributed by atoms with Gasteiger partial charge in [0.1, 0.15) is 11.9 Å². The number of rotatable bonds is 7. The summed E-state index contributed by atoms with van der Waals surface area (Å²) < 4.78 is 26.2. The van der Waals surface area contributed by atoms with Gasteiger partial charge in [-0.3, -0.25) is 14.4 Å². The third-order valence-electron chi connectivity index (χ3n) is 7.60. The Morgan fingerprint density at radius 1 is 1.14 bits per heavy atom. The summed E-state index contributed by atoms with van der Waals surface area (Å²) in [4.78, 5) is 39.4. The summed E-state index contributed by atoms with van der Waals surface area (Å²) in [6.07, 6.45) is 2.24. The summed E-state index contributed by atoms with van der Waals surface area (Å²) in [5.74, 6) is -0.503. The number of aryl methyl sites for hydroxylation is 1. The minimum absolute atomic E-state index is 0.0118. The summed E-state index contributed by atoms with van der Waals surface area (Å²) in [6.45, 7) is 4.47. The smallest absolute Gasteiger partial charge is 0.303 e. The van der Waals surface area contributed by atoms with Gasteiger partial charge in [-0.15, -0.1) is 0 Å². The van der Waals surface area contributed by atoms with Gasteiger partial charge in [0.2, 0.25) is 12.7 Å². The number of ketones is 1. The molecule has 1 atom stereocenters. The molecule has 0 unspecified atom stereocenters. The molecule has 0 bridgehead atoms. The Bertz CT molecular complexity index is 1250. The Kier molecular flexibility index (Phi) is 6.22. The van der Waals surface area contributed by atoms with E-state index in [0.29, 0.717) is 35.6 Å². The molecule has 0 saturated heterocycles. The molecule has 5 rings (SSSR count). The number of benzene rings is 2. The maximum atomic E-state index is 15.1. The fourth-order valence-electron chi connectivity index (χ4n) is 5.89. The van der Waals surface area contributed by atoms with E-state index < -0.39 is 12.0 Å². The first kappa shape index (κ1) is 24.3. The summed E-state index contributed by atoms with van der Waals surface area (Å²) >= 11 is 0. The molecule has 0 aromatic heterocycles. The number of ether oxygens (including phenoxy) is 2. The van der Waals surface area contributed by atoms with Crippen LogP contribution < -0.4 is 9.47 Å². The molecule has 3 aliphatic rings. The number of carbonyl (C=O) groups excluding carboxylic acids is 2. The highest BCUT2D eigenvalue weighted by Crippen LogP contribution is 2.44. The van der Waals surface area contributed by atoms with Crippen LogP contribution in [0.2, 0.25) is 0 Å². The molecule has 0 radical (unpaired) electrons. The van der Waals surface area contributed by atoms with E-state index in [0.717, 1.165) is 29.5 Å². The Balaban J connectivity index is 1.46. The van der Waals surface area contributed by atoms with Gasteiger partial charge in [-0.25, -0.2) is 4.39 Å². The number of carboxylic acids is 1. The van der Waals surface area contributed by atoms with Crippen molar-refractivity contribution in [2.45, 2.75) is 70.3 Å². The lowest BCUT2D eigenvalue weighted by atomic mass is 9.84. The molecule has 1 amide bonds. The number of hydrogen-bond donors (Lipinski definition) is 1. The Morgan fingerprint density at radius 3 is 2.72 bits per heavy atom. The molecule has 36 heavy (non-hydrogen) atoms. The first-order valence-electron chi connectivity index (χ1n) is 12.4. The summed E-state index contributed by atoms with van der Waals surface area (Å²) in [5.41, 5.74) is 3.57. The molecule has 190 valence electrons. The number of carbonyl (C=O) groups is 3. The zero-order chi connectivity index (χ0) is 25.6. The number of halogens is 1. The average Bonchev–Trinajstić information content (AvgIpc) is 3.42. The van der Waals surface area contributed by atoms with Crippen molar-refractivity contribution in [2.24, 2.45) is 0 Å². The zero-order valence-corrected chi connectivity index (χ0v) is 20.6. The Hall–Kier alpha value is -3.42. The Morgan fingerprint density at radius 2 is 1.94 bits per heavy atom. The monoisotopic (exact) mass is 495 g/mol. The predicted octanol–water partition coefficient (Wildman–Crippen LogP) is 4.27. The molecular weight excluding hydrogens is 465 g/mol. The van der Waals surface area contributed by atoms with Gasteiger partial charge >= 0.3 is 5.97 Å². The highest BCUT2D eigenvalue weighted by Gasteiger charge is 2.39. The molecule has 2 aliphatic heterocycles. The lowest BCUT2D eigenvalue weighted by Gasteiger charge is -2.37. The largest absolute Gasteiger partial charge is 0.481 e. The first-order chi connectivity index (χ1) is 17.2. The van der Waals surface area contributed by atoms with Crippen molar-refractivity contribution in [2.75, 3.05) is 13.3 Å². The van der Waals surface area contributed by atoms with Crippen LogP contribution in [0, 0.1) is 5.82 Å². The molecule has 2 aromatic rings. The Labute approximate surface area is 209 Å². The number of fused-ring (bicyclic) bond motifs is 4. The van der Waals surface area contributed by atoms with Crippen molar-refractivity contribution in [3.05, 3.63) is 57.9 Å². The van der Waals surface area contributed by atoms with Crippen LogP contribution in [0.5, 0.6) is 11.5 Å². The van der Waals surface area contributed by atoms with E-state index in [1.54, 1.807) is 17.0 Å². The van der Waals surface area contributed by atoms with E-state index in [2.05, 4.69) is 0 Å². The molecule has 8 heteroatoms. The molecule has 1 aliphatic carbocycles. The van der Waals surface area contributed by atoms with E-state index in [1.807, 2.05) is 19.9 Å². The molecule has 2 aromatic carbocycles. The second-order valence-corrected chi connectivity index (χ2v) is 10.5. The number of hydrogen-bond acceptors (Lipinski definition) is 5. The topological polar surface area (TPSA) is 93.1 Å². The zero-order valence-electron chi connectivity index (χ0n) is 20.6. The predicted molar refractivity (Wildman–Crippen MR) is 129 cm³/mol. The molecule has 0 spiro atoms. The van der Waals surface area contributed by atoms with Gasteiger partial charge in [-0.05, 0) is 65.5 Å². The van der Waals surface area contributed by atoms with Crippen molar-refractivity contribution in [3.8, 4) is 11.5 Å². The fraction of sp³-hybridized carbons (Fsp3) is 0.464. The number of aliphatic carboxylic acids is 1. The maximum Gasteiger partial charge on any atom is 0.303 e. The van der Waals surface area contributed by atoms with Gasteiger partial charge in [0, 0.05) is 31.4 Å². The van der Waals surface area contributed by atoms with Crippen LogP contribution in [0.4, 0.5) is 4.39 Å². The van der Waals surface area contributed by atoms with Crippen molar-refractivity contribution in [1.29, 1.82) is 0 Å². The van der Waals surface area contributed by atoms with Crippen molar-refractivity contribution in [1.82, 2.24) is 4.90 Å².